The molecule has 0 aromatic carbocycles. The molecule has 0 radical (unpaired) electrons. The van der Waals surface area contributed by atoms with Crippen LogP contribution in [0.4, 0.5) is 0 Å². The molecule has 1 aromatic heterocycles. The Kier molecular flexibility index (Phi) is 1.50. The molecule has 3 heteroatoms. The van der Waals surface area contributed by atoms with Gasteiger partial charge in [-0.05, 0) is 18.6 Å². The van der Waals surface area contributed by atoms with Crippen molar-refractivity contribution in [2.45, 2.75) is 12.8 Å². The summed E-state index contributed by atoms with van der Waals surface area (Å²) >= 11 is 0. The van der Waals surface area contributed by atoms with E-state index >= 15 is 0 Å². The molecule has 0 saturated heterocycles. The Bertz CT molecular complexity index is 358. The van der Waals surface area contributed by atoms with Gasteiger partial charge >= 0.3 is 0 Å². The highest BCUT2D eigenvalue weighted by Gasteiger charge is 2.20. The number of carbonyl (C=O) groups excluding carboxylic acids is 2. The second-order valence-corrected chi connectivity index (χ2v) is 2.77. The summed E-state index contributed by atoms with van der Waals surface area (Å²) in [6.07, 6.45) is 1.91. The molecule has 3 nitrogen and oxygen atoms in total. The van der Waals surface area contributed by atoms with E-state index < -0.39 is 0 Å². The van der Waals surface area contributed by atoms with Crippen LogP contribution in [0, 0.1) is 0 Å². The Morgan fingerprint density at radius 2 is 2.17 bits per heavy atom. The summed E-state index contributed by atoms with van der Waals surface area (Å²) in [5.41, 5.74) is 1.86. The first-order valence-corrected chi connectivity index (χ1v) is 3.79. The van der Waals surface area contributed by atoms with Gasteiger partial charge in [0.25, 0.3) is 0 Å². The van der Waals surface area contributed by atoms with Crippen molar-refractivity contribution in [1.82, 2.24) is 4.98 Å². The van der Waals surface area contributed by atoms with Crippen molar-refractivity contribution in [3.05, 3.63) is 29.1 Å². The van der Waals surface area contributed by atoms with Crippen molar-refractivity contribution < 1.29 is 9.59 Å². The quantitative estimate of drug-likeness (QED) is 0.578. The zero-order valence-electron chi connectivity index (χ0n) is 6.41. The zero-order chi connectivity index (χ0) is 8.55. The molecule has 0 unspecified atom stereocenters. The smallest absolute Gasteiger partial charge is 0.168 e. The molecule has 60 valence electrons. The van der Waals surface area contributed by atoms with E-state index in [1.807, 2.05) is 0 Å². The lowest BCUT2D eigenvalue weighted by Gasteiger charge is -1.95. The summed E-state index contributed by atoms with van der Waals surface area (Å²) < 4.78 is 0. The molecule has 1 aromatic rings. The van der Waals surface area contributed by atoms with E-state index in [1.165, 1.54) is 0 Å². The van der Waals surface area contributed by atoms with Gasteiger partial charge in [0, 0.05) is 12.0 Å². The number of pyridine rings is 1. The highest BCUT2D eigenvalue weighted by molar-refractivity contribution is 6.00. The Hall–Kier alpha value is -1.51. The van der Waals surface area contributed by atoms with Gasteiger partial charge in [-0.25, -0.2) is 4.98 Å². The van der Waals surface area contributed by atoms with E-state index in [4.69, 9.17) is 0 Å². The first-order chi connectivity index (χ1) is 5.81. The van der Waals surface area contributed by atoms with Gasteiger partial charge in [0.05, 0.1) is 5.69 Å². The number of nitrogens with zero attached hydrogens (tertiary/aromatic N) is 1. The number of aldehydes is 1. The first kappa shape index (κ1) is 7.16. The van der Waals surface area contributed by atoms with Crippen molar-refractivity contribution in [1.29, 1.82) is 0 Å². The summed E-state index contributed by atoms with van der Waals surface area (Å²) in [7, 11) is 0. The summed E-state index contributed by atoms with van der Waals surface area (Å²) in [6.45, 7) is 0. The minimum Gasteiger partial charge on any atom is -0.296 e. The van der Waals surface area contributed by atoms with E-state index in [0.29, 0.717) is 30.4 Å². The Morgan fingerprint density at radius 1 is 1.33 bits per heavy atom. The summed E-state index contributed by atoms with van der Waals surface area (Å²) in [5.74, 6) is 0.134. The van der Waals surface area contributed by atoms with Crippen LogP contribution in [0.15, 0.2) is 12.1 Å². The van der Waals surface area contributed by atoms with Crippen LogP contribution in [-0.4, -0.2) is 17.1 Å². The van der Waals surface area contributed by atoms with Gasteiger partial charge in [-0.3, -0.25) is 9.59 Å². The third-order valence-corrected chi connectivity index (χ3v) is 2.01. The SMILES string of the molecule is O=Cc1ccc2c(n1)CCC2=O. The number of Topliss-reactive ketones (excluding diaryl/α,β-unsaturated/α-hetero) is 1. The third-order valence-electron chi connectivity index (χ3n) is 2.01. The molecule has 0 saturated carbocycles. The van der Waals surface area contributed by atoms with E-state index in [0.717, 1.165) is 5.69 Å². The molecule has 0 amide bonds. The number of hydrogen-bond acceptors (Lipinski definition) is 3. The molecule has 0 spiro atoms. The van der Waals surface area contributed by atoms with Gasteiger partial charge in [-0.1, -0.05) is 0 Å². The fourth-order valence-electron chi connectivity index (χ4n) is 1.39. The van der Waals surface area contributed by atoms with Crippen LogP contribution < -0.4 is 0 Å². The minimum atomic E-state index is 0.134. The van der Waals surface area contributed by atoms with Gasteiger partial charge in [-0.2, -0.15) is 0 Å². The third kappa shape index (κ3) is 0.942. The van der Waals surface area contributed by atoms with Crippen LogP contribution in [0.25, 0.3) is 0 Å². The van der Waals surface area contributed by atoms with E-state index in [2.05, 4.69) is 4.98 Å². The second-order valence-electron chi connectivity index (χ2n) is 2.77. The van der Waals surface area contributed by atoms with Gasteiger partial charge < -0.3 is 0 Å². The maximum absolute atomic E-state index is 11.1. The van der Waals surface area contributed by atoms with E-state index in [9.17, 15) is 9.59 Å². The Morgan fingerprint density at radius 3 is 2.92 bits per heavy atom. The van der Waals surface area contributed by atoms with Crippen molar-refractivity contribution in [3.8, 4) is 0 Å². The van der Waals surface area contributed by atoms with Crippen molar-refractivity contribution in [2.75, 3.05) is 0 Å². The van der Waals surface area contributed by atoms with Crippen LogP contribution in [-0.2, 0) is 6.42 Å². The van der Waals surface area contributed by atoms with Crippen LogP contribution in [0.2, 0.25) is 0 Å². The largest absolute Gasteiger partial charge is 0.296 e. The number of aromatic nitrogens is 1. The van der Waals surface area contributed by atoms with Crippen LogP contribution >= 0.6 is 0 Å². The molecule has 0 bridgehead atoms. The molecule has 0 fully saturated rings. The molecule has 0 N–H and O–H groups in total. The van der Waals surface area contributed by atoms with Crippen molar-refractivity contribution in [2.24, 2.45) is 0 Å². The lowest BCUT2D eigenvalue weighted by atomic mass is 10.2. The van der Waals surface area contributed by atoms with Gasteiger partial charge in [-0.15, -0.1) is 0 Å². The predicted octanol–water partition coefficient (Wildman–Crippen LogP) is 1.02. The fraction of sp³-hybridized carbons (Fsp3) is 0.222. The van der Waals surface area contributed by atoms with Crippen LogP contribution in [0.1, 0.15) is 33.0 Å². The van der Waals surface area contributed by atoms with Crippen LogP contribution in [0.3, 0.4) is 0 Å². The molecule has 2 rings (SSSR count). The number of ketones is 1. The second kappa shape index (κ2) is 2.52. The maximum atomic E-state index is 11.1. The summed E-state index contributed by atoms with van der Waals surface area (Å²) in [4.78, 5) is 25.5. The van der Waals surface area contributed by atoms with Crippen molar-refractivity contribution in [3.63, 3.8) is 0 Å². The monoisotopic (exact) mass is 161 g/mol. The Balaban J connectivity index is 2.55. The van der Waals surface area contributed by atoms with Gasteiger partial charge in [0.2, 0.25) is 0 Å². The number of aryl methyl sites for hydroxylation is 1. The van der Waals surface area contributed by atoms with Crippen LogP contribution in [0.5, 0.6) is 0 Å². The van der Waals surface area contributed by atoms with Gasteiger partial charge in [0.15, 0.2) is 12.1 Å². The average molecular weight is 161 g/mol. The number of fused-ring (bicyclic) bond motifs is 1. The molecule has 1 aliphatic carbocycles. The molecular weight excluding hydrogens is 154 g/mol. The number of hydrogen-bond donors (Lipinski definition) is 0. The highest BCUT2D eigenvalue weighted by atomic mass is 16.1. The molecule has 1 heterocycles. The maximum Gasteiger partial charge on any atom is 0.168 e. The zero-order valence-corrected chi connectivity index (χ0v) is 6.41. The number of carbonyl (C=O) groups is 2. The normalized spacial score (nSPS) is 14.5. The molecule has 0 atom stereocenters. The molecule has 1 aliphatic rings. The molecule has 12 heavy (non-hydrogen) atoms. The fourth-order valence-corrected chi connectivity index (χ4v) is 1.39. The lowest BCUT2D eigenvalue weighted by Crippen LogP contribution is -1.95. The average Bonchev–Trinajstić information content (AvgIpc) is 2.47. The Labute approximate surface area is 69.4 Å². The molecule has 0 aliphatic heterocycles. The molecular formula is C9H7NO2. The van der Waals surface area contributed by atoms with E-state index in [-0.39, 0.29) is 5.78 Å². The minimum absolute atomic E-state index is 0.134. The topological polar surface area (TPSA) is 47.0 Å². The predicted molar refractivity (Wildman–Crippen MR) is 42.3 cm³/mol. The van der Waals surface area contributed by atoms with E-state index in [1.54, 1.807) is 12.1 Å². The number of rotatable bonds is 1. The lowest BCUT2D eigenvalue weighted by molar-refractivity contribution is 0.0994. The summed E-state index contributed by atoms with van der Waals surface area (Å²) in [6, 6.07) is 3.26. The standard InChI is InChI=1S/C9H7NO2/c11-5-6-1-2-7-8(10-6)3-4-9(7)12/h1-2,5H,3-4H2. The van der Waals surface area contributed by atoms with Gasteiger partial charge in [0.1, 0.15) is 5.69 Å². The van der Waals surface area contributed by atoms with Crippen molar-refractivity contribution >= 4 is 12.1 Å². The first-order valence-electron chi connectivity index (χ1n) is 3.79. The summed E-state index contributed by atoms with van der Waals surface area (Å²) in [5, 5.41) is 0. The highest BCUT2D eigenvalue weighted by Crippen LogP contribution is 2.19.